The molecule has 1 aromatic carbocycles. The molecule has 1 N–H and O–H groups in total. The van der Waals surface area contributed by atoms with E-state index in [-0.39, 0.29) is 12.4 Å². The molecule has 0 unspecified atom stereocenters. The standard InChI is InChI=1S/C9H10Cl2N2S.ClH/c1-13(2)12-9(14)8-6(10)4-3-5-7(8)11;/h3-5H,1-2H3,(H,12,14);1H. The molecule has 1 rings (SSSR count). The molecule has 84 valence electrons. The van der Waals surface area contributed by atoms with Crippen LogP contribution in [-0.2, 0) is 0 Å². The number of hydrogen-bond donors (Lipinski definition) is 1. The Bertz CT molecular complexity index is 335. The van der Waals surface area contributed by atoms with Gasteiger partial charge in [0.25, 0.3) is 0 Å². The molecule has 0 saturated heterocycles. The van der Waals surface area contributed by atoms with Gasteiger partial charge in [-0.05, 0) is 12.1 Å². The van der Waals surface area contributed by atoms with Gasteiger partial charge in [-0.3, -0.25) is 0 Å². The van der Waals surface area contributed by atoms with Gasteiger partial charge in [0.15, 0.2) is 0 Å². The van der Waals surface area contributed by atoms with Gasteiger partial charge in [-0.1, -0.05) is 41.5 Å². The minimum atomic E-state index is 0. The Hall–Kier alpha value is -0.0600. The second kappa shape index (κ2) is 6.51. The zero-order valence-electron chi connectivity index (χ0n) is 8.25. The molecule has 0 amide bonds. The molecule has 0 heterocycles. The summed E-state index contributed by atoms with van der Waals surface area (Å²) in [5, 5.41) is 2.84. The van der Waals surface area contributed by atoms with Crippen molar-refractivity contribution in [2.75, 3.05) is 14.1 Å². The second-order valence-electron chi connectivity index (χ2n) is 2.93. The monoisotopic (exact) mass is 284 g/mol. The number of hydrazine groups is 1. The van der Waals surface area contributed by atoms with Crippen molar-refractivity contribution in [3.8, 4) is 0 Å². The first-order valence-corrected chi connectivity index (χ1v) is 5.11. The predicted molar refractivity (Wildman–Crippen MR) is 72.2 cm³/mol. The summed E-state index contributed by atoms with van der Waals surface area (Å²) in [5.41, 5.74) is 3.60. The SMILES string of the molecule is CN(C)NC(=S)c1c(Cl)cccc1Cl.Cl. The van der Waals surface area contributed by atoms with Crippen molar-refractivity contribution in [3.63, 3.8) is 0 Å². The third kappa shape index (κ3) is 4.13. The van der Waals surface area contributed by atoms with Gasteiger partial charge >= 0.3 is 0 Å². The highest BCUT2D eigenvalue weighted by molar-refractivity contribution is 7.80. The third-order valence-corrected chi connectivity index (χ3v) is 2.44. The molecule has 0 radical (unpaired) electrons. The van der Waals surface area contributed by atoms with Gasteiger partial charge in [-0.2, -0.15) is 0 Å². The van der Waals surface area contributed by atoms with Crippen LogP contribution in [-0.4, -0.2) is 24.1 Å². The predicted octanol–water partition coefficient (Wildman–Crippen LogP) is 3.16. The highest BCUT2D eigenvalue weighted by atomic mass is 35.5. The van der Waals surface area contributed by atoms with Crippen molar-refractivity contribution < 1.29 is 0 Å². The van der Waals surface area contributed by atoms with Crippen LogP contribution in [0.2, 0.25) is 10.0 Å². The van der Waals surface area contributed by atoms with Crippen molar-refractivity contribution in [1.29, 1.82) is 0 Å². The molecule has 0 aliphatic heterocycles. The van der Waals surface area contributed by atoms with Gasteiger partial charge in [0.2, 0.25) is 0 Å². The number of nitrogens with zero attached hydrogens (tertiary/aromatic N) is 1. The molecule has 0 bridgehead atoms. The van der Waals surface area contributed by atoms with Gasteiger partial charge in [0.05, 0.1) is 10.0 Å². The summed E-state index contributed by atoms with van der Waals surface area (Å²) in [6.45, 7) is 0. The average Bonchev–Trinajstić information content (AvgIpc) is 2.01. The van der Waals surface area contributed by atoms with Gasteiger partial charge in [0, 0.05) is 19.7 Å². The fourth-order valence-corrected chi connectivity index (χ4v) is 2.07. The smallest absolute Gasteiger partial charge is 0.123 e. The van der Waals surface area contributed by atoms with Crippen molar-refractivity contribution >= 4 is 52.8 Å². The maximum Gasteiger partial charge on any atom is 0.123 e. The zero-order chi connectivity index (χ0) is 10.7. The first-order valence-electron chi connectivity index (χ1n) is 3.94. The number of hydrogen-bond acceptors (Lipinski definition) is 2. The Morgan fingerprint density at radius 2 is 1.73 bits per heavy atom. The second-order valence-corrected chi connectivity index (χ2v) is 4.15. The Labute approximate surface area is 111 Å². The van der Waals surface area contributed by atoms with E-state index < -0.39 is 0 Å². The molecular formula is C9H11Cl3N2S. The summed E-state index contributed by atoms with van der Waals surface area (Å²) >= 11 is 17.1. The zero-order valence-corrected chi connectivity index (χ0v) is 11.4. The molecule has 0 aliphatic carbocycles. The lowest BCUT2D eigenvalue weighted by molar-refractivity contribution is 0.366. The summed E-state index contributed by atoms with van der Waals surface area (Å²) in [6, 6.07) is 5.30. The lowest BCUT2D eigenvalue weighted by Crippen LogP contribution is -2.35. The molecule has 0 aromatic heterocycles. The number of thiocarbonyl (C=S) groups is 1. The number of benzene rings is 1. The summed E-state index contributed by atoms with van der Waals surface area (Å²) in [5.74, 6) is 0. The number of halogens is 3. The van der Waals surface area contributed by atoms with Crippen LogP contribution >= 0.6 is 47.8 Å². The van der Waals surface area contributed by atoms with Crippen molar-refractivity contribution in [2.24, 2.45) is 0 Å². The largest absolute Gasteiger partial charge is 0.309 e. The van der Waals surface area contributed by atoms with E-state index in [9.17, 15) is 0 Å². The van der Waals surface area contributed by atoms with Gasteiger partial charge in [0.1, 0.15) is 4.99 Å². The first-order chi connectivity index (χ1) is 6.52. The molecule has 0 spiro atoms. The van der Waals surface area contributed by atoms with Crippen LogP contribution in [0, 0.1) is 0 Å². The summed E-state index contributed by atoms with van der Waals surface area (Å²) in [6.07, 6.45) is 0. The van der Waals surface area contributed by atoms with Crippen LogP contribution in [0.4, 0.5) is 0 Å². The van der Waals surface area contributed by atoms with E-state index >= 15 is 0 Å². The van der Waals surface area contributed by atoms with Gasteiger partial charge in [-0.25, -0.2) is 5.01 Å². The quantitative estimate of drug-likeness (QED) is 0.664. The topological polar surface area (TPSA) is 15.3 Å². The molecule has 2 nitrogen and oxygen atoms in total. The van der Waals surface area contributed by atoms with Crippen molar-refractivity contribution in [3.05, 3.63) is 33.8 Å². The molecule has 0 atom stereocenters. The van der Waals surface area contributed by atoms with Crippen LogP contribution in [0.3, 0.4) is 0 Å². The highest BCUT2D eigenvalue weighted by Gasteiger charge is 2.10. The first kappa shape index (κ1) is 14.9. The minimum absolute atomic E-state index is 0. The molecule has 0 aliphatic rings. The van der Waals surface area contributed by atoms with Crippen LogP contribution in [0.25, 0.3) is 0 Å². The highest BCUT2D eigenvalue weighted by Crippen LogP contribution is 2.24. The van der Waals surface area contributed by atoms with Crippen LogP contribution in [0.15, 0.2) is 18.2 Å². The van der Waals surface area contributed by atoms with E-state index in [1.165, 1.54) is 0 Å². The van der Waals surface area contributed by atoms with Crippen LogP contribution < -0.4 is 5.43 Å². The Balaban J connectivity index is 0.00000196. The molecular weight excluding hydrogens is 275 g/mol. The Morgan fingerprint density at radius 1 is 1.27 bits per heavy atom. The Kier molecular flexibility index (Phi) is 6.48. The molecule has 1 aromatic rings. The summed E-state index contributed by atoms with van der Waals surface area (Å²) in [4.78, 5) is 0.519. The fourth-order valence-electron chi connectivity index (χ4n) is 0.974. The van der Waals surface area contributed by atoms with E-state index in [2.05, 4.69) is 5.43 Å². The van der Waals surface area contributed by atoms with E-state index in [1.54, 1.807) is 23.2 Å². The van der Waals surface area contributed by atoms with E-state index in [0.29, 0.717) is 20.6 Å². The Morgan fingerprint density at radius 3 is 2.13 bits per heavy atom. The molecule has 15 heavy (non-hydrogen) atoms. The lowest BCUT2D eigenvalue weighted by Gasteiger charge is -2.15. The van der Waals surface area contributed by atoms with E-state index in [0.717, 1.165) is 0 Å². The maximum absolute atomic E-state index is 5.98. The average molecular weight is 286 g/mol. The molecule has 6 heteroatoms. The number of nitrogens with one attached hydrogen (secondary N) is 1. The summed E-state index contributed by atoms with van der Waals surface area (Å²) in [7, 11) is 3.69. The normalized spacial score (nSPS) is 9.67. The van der Waals surface area contributed by atoms with Gasteiger partial charge < -0.3 is 5.43 Å². The lowest BCUT2D eigenvalue weighted by atomic mass is 10.2. The van der Waals surface area contributed by atoms with Crippen molar-refractivity contribution in [2.45, 2.75) is 0 Å². The maximum atomic E-state index is 5.98. The number of rotatable bonds is 2. The molecule has 0 fully saturated rings. The summed E-state index contributed by atoms with van der Waals surface area (Å²) < 4.78 is 0. The van der Waals surface area contributed by atoms with Gasteiger partial charge in [-0.15, -0.1) is 12.4 Å². The minimum Gasteiger partial charge on any atom is -0.309 e. The van der Waals surface area contributed by atoms with E-state index in [1.807, 2.05) is 14.1 Å². The van der Waals surface area contributed by atoms with E-state index in [4.69, 9.17) is 35.4 Å². The fraction of sp³-hybridized carbons (Fsp3) is 0.222. The van der Waals surface area contributed by atoms with Crippen LogP contribution in [0.1, 0.15) is 5.56 Å². The van der Waals surface area contributed by atoms with Crippen molar-refractivity contribution in [1.82, 2.24) is 10.4 Å². The molecule has 0 saturated carbocycles. The third-order valence-electron chi connectivity index (χ3n) is 1.51. The van der Waals surface area contributed by atoms with Crippen LogP contribution in [0.5, 0.6) is 0 Å².